The zero-order chi connectivity index (χ0) is 19.7. The number of nitrogens with zero attached hydrogens (tertiary/aromatic N) is 2. The van der Waals surface area contributed by atoms with Gasteiger partial charge in [0.2, 0.25) is 5.78 Å². The molecule has 140 valence electrons. The molecule has 0 fully saturated rings. The Hall–Kier alpha value is -3.22. The van der Waals surface area contributed by atoms with E-state index in [1.807, 2.05) is 0 Å². The van der Waals surface area contributed by atoms with Crippen LogP contribution in [0.25, 0.3) is 5.69 Å². The monoisotopic (exact) mass is 370 g/mol. The van der Waals surface area contributed by atoms with E-state index in [1.54, 1.807) is 56.5 Å². The lowest BCUT2D eigenvalue weighted by Gasteiger charge is -2.10. The van der Waals surface area contributed by atoms with E-state index in [4.69, 9.17) is 9.26 Å². The van der Waals surface area contributed by atoms with Crippen LogP contribution < -0.4 is 0 Å². The van der Waals surface area contributed by atoms with Crippen molar-refractivity contribution in [2.45, 2.75) is 27.7 Å². The summed E-state index contributed by atoms with van der Waals surface area (Å²) in [4.78, 5) is 24.7. The van der Waals surface area contributed by atoms with Gasteiger partial charge in [-0.1, -0.05) is 17.3 Å². The number of benzene rings is 1. The van der Waals surface area contributed by atoms with Gasteiger partial charge in [0.1, 0.15) is 17.1 Å². The van der Waals surface area contributed by atoms with Crippen molar-refractivity contribution in [3.05, 3.63) is 70.1 Å². The number of para-hydroxylation sites is 1. The molecule has 0 amide bonds. The van der Waals surface area contributed by atoms with Gasteiger partial charge in [0.15, 0.2) is 6.61 Å². The summed E-state index contributed by atoms with van der Waals surface area (Å²) in [6.45, 7) is 6.30. The van der Waals surface area contributed by atoms with Crippen molar-refractivity contribution in [2.24, 2.45) is 0 Å². The van der Waals surface area contributed by atoms with Crippen molar-refractivity contribution in [1.82, 2.24) is 9.72 Å². The number of esters is 1. The van der Waals surface area contributed by atoms with Crippen LogP contribution in [0.2, 0.25) is 0 Å². The Morgan fingerprint density at radius 2 is 1.89 bits per heavy atom. The summed E-state index contributed by atoms with van der Waals surface area (Å²) in [7, 11) is 0. The third kappa shape index (κ3) is 3.40. The number of ether oxygens (including phenoxy) is 1. The van der Waals surface area contributed by atoms with Crippen molar-refractivity contribution in [3.63, 3.8) is 0 Å². The first-order valence-corrected chi connectivity index (χ1v) is 8.38. The zero-order valence-electron chi connectivity index (χ0n) is 15.5. The average molecular weight is 370 g/mol. The number of hydrogen-bond donors (Lipinski definition) is 0. The number of aryl methyl sites for hydroxylation is 3. The summed E-state index contributed by atoms with van der Waals surface area (Å²) in [5, 5.41) is 3.69. The summed E-state index contributed by atoms with van der Waals surface area (Å²) in [5.74, 6) is -1.08. The molecule has 0 saturated heterocycles. The molecule has 3 aromatic rings. The Kier molecular flexibility index (Phi) is 4.94. The molecule has 0 unspecified atom stereocenters. The molecule has 0 radical (unpaired) electrons. The highest BCUT2D eigenvalue weighted by atomic mass is 19.1. The first kappa shape index (κ1) is 18.6. The molecule has 0 aliphatic heterocycles. The number of Topliss-reactive ketones (excluding diaryl/α,β-unsaturated/α-hetero) is 1. The highest BCUT2D eigenvalue weighted by Gasteiger charge is 2.22. The summed E-state index contributed by atoms with van der Waals surface area (Å²) in [6, 6.07) is 7.99. The summed E-state index contributed by atoms with van der Waals surface area (Å²) >= 11 is 0. The van der Waals surface area contributed by atoms with Gasteiger partial charge < -0.3 is 13.8 Å². The minimum atomic E-state index is -0.664. The lowest BCUT2D eigenvalue weighted by molar-refractivity contribution is 0.0472. The molecule has 7 heteroatoms. The molecule has 1 aromatic carbocycles. The SMILES string of the molecule is Cc1noc(C)c1C(=O)OCC(=O)c1cc(C)n(-c2ccccc2F)c1C. The number of rotatable bonds is 5. The van der Waals surface area contributed by atoms with E-state index in [-0.39, 0.29) is 17.2 Å². The van der Waals surface area contributed by atoms with E-state index in [2.05, 4.69) is 5.16 Å². The van der Waals surface area contributed by atoms with Crippen molar-refractivity contribution in [2.75, 3.05) is 6.61 Å². The average Bonchev–Trinajstić information content (AvgIpc) is 3.12. The third-order valence-corrected chi connectivity index (χ3v) is 4.40. The molecule has 0 spiro atoms. The topological polar surface area (TPSA) is 74.3 Å². The van der Waals surface area contributed by atoms with Gasteiger partial charge in [-0.25, -0.2) is 9.18 Å². The maximum atomic E-state index is 14.1. The fourth-order valence-electron chi connectivity index (χ4n) is 3.10. The number of carbonyl (C=O) groups excluding carboxylic acids is 2. The maximum Gasteiger partial charge on any atom is 0.344 e. The molecule has 2 heterocycles. The number of aromatic nitrogens is 2. The number of carbonyl (C=O) groups is 2. The maximum absolute atomic E-state index is 14.1. The van der Waals surface area contributed by atoms with Gasteiger partial charge in [-0.05, 0) is 45.9 Å². The normalized spacial score (nSPS) is 10.9. The van der Waals surface area contributed by atoms with Gasteiger partial charge in [0, 0.05) is 17.0 Å². The van der Waals surface area contributed by atoms with Crippen molar-refractivity contribution >= 4 is 11.8 Å². The number of hydrogen-bond acceptors (Lipinski definition) is 5. The summed E-state index contributed by atoms with van der Waals surface area (Å²) < 4.78 is 25.9. The Morgan fingerprint density at radius 3 is 2.52 bits per heavy atom. The van der Waals surface area contributed by atoms with Gasteiger partial charge >= 0.3 is 5.97 Å². The van der Waals surface area contributed by atoms with E-state index in [0.717, 1.165) is 0 Å². The van der Waals surface area contributed by atoms with Gasteiger partial charge in [0.05, 0.1) is 11.4 Å². The lowest BCUT2D eigenvalue weighted by Crippen LogP contribution is -2.16. The van der Waals surface area contributed by atoms with Crippen molar-refractivity contribution in [3.8, 4) is 5.69 Å². The molecule has 0 aliphatic rings. The van der Waals surface area contributed by atoms with Crippen LogP contribution in [0.4, 0.5) is 4.39 Å². The molecule has 6 nitrogen and oxygen atoms in total. The van der Waals surface area contributed by atoms with Gasteiger partial charge in [0.25, 0.3) is 0 Å². The molecular formula is C20H19FN2O4. The minimum absolute atomic E-state index is 0.222. The van der Waals surface area contributed by atoms with E-state index in [9.17, 15) is 14.0 Å². The first-order valence-electron chi connectivity index (χ1n) is 8.38. The molecule has 0 N–H and O–H groups in total. The Bertz CT molecular complexity index is 1010. The largest absolute Gasteiger partial charge is 0.454 e. The summed E-state index contributed by atoms with van der Waals surface area (Å²) in [6.07, 6.45) is 0. The van der Waals surface area contributed by atoms with Crippen LogP contribution in [0.3, 0.4) is 0 Å². The zero-order valence-corrected chi connectivity index (χ0v) is 15.5. The van der Waals surface area contributed by atoms with Crippen molar-refractivity contribution in [1.29, 1.82) is 0 Å². The molecule has 27 heavy (non-hydrogen) atoms. The van der Waals surface area contributed by atoms with Crippen LogP contribution in [-0.4, -0.2) is 28.1 Å². The molecular weight excluding hydrogens is 351 g/mol. The molecule has 2 aromatic heterocycles. The predicted octanol–water partition coefficient (Wildman–Crippen LogP) is 3.88. The molecule has 0 bridgehead atoms. The van der Waals surface area contributed by atoms with Crippen molar-refractivity contribution < 1.29 is 23.2 Å². The van der Waals surface area contributed by atoms with Gasteiger partial charge in [-0.15, -0.1) is 0 Å². The molecule has 3 rings (SSSR count). The second-order valence-corrected chi connectivity index (χ2v) is 6.27. The Labute approximate surface area is 155 Å². The second-order valence-electron chi connectivity index (χ2n) is 6.27. The molecule has 0 atom stereocenters. The standard InChI is InChI=1S/C20H19FN2O4/c1-11-9-15(13(3)23(11)17-8-6-5-7-16(17)21)18(24)10-26-20(25)19-12(2)22-27-14(19)4/h5-9H,10H2,1-4H3. The fourth-order valence-corrected chi connectivity index (χ4v) is 3.10. The van der Waals surface area contributed by atoms with E-state index in [1.165, 1.54) is 6.07 Å². The molecule has 0 saturated carbocycles. The van der Waals surface area contributed by atoms with Crippen LogP contribution in [0.15, 0.2) is 34.9 Å². The second kappa shape index (κ2) is 7.19. The lowest BCUT2D eigenvalue weighted by atomic mass is 10.1. The third-order valence-electron chi connectivity index (χ3n) is 4.40. The predicted molar refractivity (Wildman–Crippen MR) is 95.8 cm³/mol. The quantitative estimate of drug-likeness (QED) is 0.503. The highest BCUT2D eigenvalue weighted by molar-refractivity contribution is 6.01. The van der Waals surface area contributed by atoms with Gasteiger partial charge in [-0.2, -0.15) is 0 Å². The highest BCUT2D eigenvalue weighted by Crippen LogP contribution is 2.23. The van der Waals surface area contributed by atoms with E-state index >= 15 is 0 Å². The van der Waals surface area contributed by atoms with Crippen LogP contribution in [-0.2, 0) is 4.74 Å². The number of halogens is 1. The molecule has 0 aliphatic carbocycles. The van der Waals surface area contributed by atoms with E-state index in [0.29, 0.717) is 34.1 Å². The van der Waals surface area contributed by atoms with Crippen LogP contribution in [0.5, 0.6) is 0 Å². The summed E-state index contributed by atoms with van der Waals surface area (Å²) in [5.41, 5.74) is 2.65. The van der Waals surface area contributed by atoms with Crippen LogP contribution >= 0.6 is 0 Å². The number of ketones is 1. The first-order chi connectivity index (χ1) is 12.8. The minimum Gasteiger partial charge on any atom is -0.454 e. The fraction of sp³-hybridized carbons (Fsp3) is 0.250. The van der Waals surface area contributed by atoms with Crippen LogP contribution in [0, 0.1) is 33.5 Å². The van der Waals surface area contributed by atoms with Crippen LogP contribution in [0.1, 0.15) is 43.6 Å². The smallest absolute Gasteiger partial charge is 0.344 e. The van der Waals surface area contributed by atoms with E-state index < -0.39 is 12.6 Å². The Balaban J connectivity index is 1.81. The Morgan fingerprint density at radius 1 is 1.19 bits per heavy atom. The van der Waals surface area contributed by atoms with Gasteiger partial charge in [-0.3, -0.25) is 4.79 Å².